The van der Waals surface area contributed by atoms with E-state index in [0.29, 0.717) is 12.1 Å². The van der Waals surface area contributed by atoms with Crippen LogP contribution in [0.1, 0.15) is 26.3 Å². The standard InChI is InChI=1S/C20H23N3O4S2/c1-20(2,3)18(22-19(24)25)10-14-9-17(15-6-8-28-13-15)23(12-14)29(26,27)16-5-4-7-21-11-16/h4-9,11-13,18,22H,10H2,1-3H3,(H,24,25). The maximum atomic E-state index is 13.2. The lowest BCUT2D eigenvalue weighted by atomic mass is 9.83. The molecule has 3 aromatic rings. The summed E-state index contributed by atoms with van der Waals surface area (Å²) in [5.41, 5.74) is 1.71. The first-order valence-corrected chi connectivity index (χ1v) is 11.4. The third-order valence-corrected chi connectivity index (χ3v) is 6.97. The van der Waals surface area contributed by atoms with Crippen LogP contribution in [0.3, 0.4) is 0 Å². The van der Waals surface area contributed by atoms with Crippen molar-refractivity contribution in [1.82, 2.24) is 14.3 Å². The molecule has 0 radical (unpaired) electrons. The number of nitrogens with one attached hydrogen (secondary N) is 1. The Kier molecular flexibility index (Phi) is 5.81. The molecule has 3 heterocycles. The van der Waals surface area contributed by atoms with Crippen LogP contribution in [0, 0.1) is 5.41 Å². The Morgan fingerprint density at radius 1 is 1.34 bits per heavy atom. The number of carbonyl (C=O) groups is 1. The summed E-state index contributed by atoms with van der Waals surface area (Å²) in [7, 11) is -3.85. The van der Waals surface area contributed by atoms with E-state index in [4.69, 9.17) is 0 Å². The lowest BCUT2D eigenvalue weighted by Crippen LogP contribution is -2.44. The number of pyridine rings is 1. The third kappa shape index (κ3) is 4.68. The quantitative estimate of drug-likeness (QED) is 0.610. The first kappa shape index (κ1) is 21.1. The van der Waals surface area contributed by atoms with Gasteiger partial charge in [0.05, 0.1) is 5.69 Å². The Hall–Kier alpha value is -2.65. The van der Waals surface area contributed by atoms with Crippen LogP contribution in [0.25, 0.3) is 11.3 Å². The molecule has 154 valence electrons. The molecular formula is C20H23N3O4S2. The normalized spacial score (nSPS) is 13.2. The van der Waals surface area contributed by atoms with Crippen molar-refractivity contribution in [3.05, 3.63) is 59.2 Å². The highest BCUT2D eigenvalue weighted by Crippen LogP contribution is 2.30. The molecule has 7 nitrogen and oxygen atoms in total. The summed E-state index contributed by atoms with van der Waals surface area (Å²) in [6, 6.07) is 6.36. The minimum Gasteiger partial charge on any atom is -0.465 e. The summed E-state index contributed by atoms with van der Waals surface area (Å²) in [6.07, 6.45) is 3.66. The summed E-state index contributed by atoms with van der Waals surface area (Å²) in [6.45, 7) is 5.82. The van der Waals surface area contributed by atoms with Gasteiger partial charge in [-0.2, -0.15) is 11.3 Å². The van der Waals surface area contributed by atoms with E-state index in [1.54, 1.807) is 18.3 Å². The van der Waals surface area contributed by atoms with Gasteiger partial charge in [-0.05, 0) is 47.0 Å². The van der Waals surface area contributed by atoms with E-state index in [0.717, 1.165) is 11.1 Å². The topological polar surface area (TPSA) is 101 Å². The number of rotatable bonds is 6. The van der Waals surface area contributed by atoms with Crippen LogP contribution in [0.5, 0.6) is 0 Å². The predicted octanol–water partition coefficient (Wildman–Crippen LogP) is 4.07. The molecule has 2 N–H and O–H groups in total. The van der Waals surface area contributed by atoms with Crippen LogP contribution in [0.2, 0.25) is 0 Å². The van der Waals surface area contributed by atoms with Crippen molar-refractivity contribution >= 4 is 27.5 Å². The zero-order chi connectivity index (χ0) is 21.2. The third-order valence-electron chi connectivity index (χ3n) is 4.63. The van der Waals surface area contributed by atoms with Crippen molar-refractivity contribution in [2.45, 2.75) is 38.1 Å². The summed E-state index contributed by atoms with van der Waals surface area (Å²) < 4.78 is 27.7. The van der Waals surface area contributed by atoms with Crippen molar-refractivity contribution in [2.75, 3.05) is 0 Å². The van der Waals surface area contributed by atoms with Gasteiger partial charge in [-0.15, -0.1) is 0 Å². The summed E-state index contributed by atoms with van der Waals surface area (Å²) in [5, 5.41) is 15.5. The van der Waals surface area contributed by atoms with Crippen LogP contribution >= 0.6 is 11.3 Å². The highest BCUT2D eigenvalue weighted by Gasteiger charge is 2.29. The SMILES string of the molecule is CC(C)(C)C(Cc1cc(-c2ccsc2)n(S(=O)(=O)c2cccnc2)c1)NC(=O)O. The molecule has 0 aliphatic rings. The number of amides is 1. The van der Waals surface area contributed by atoms with E-state index in [-0.39, 0.29) is 16.4 Å². The molecule has 1 amide bonds. The van der Waals surface area contributed by atoms with E-state index in [9.17, 15) is 18.3 Å². The molecule has 29 heavy (non-hydrogen) atoms. The maximum Gasteiger partial charge on any atom is 0.404 e. The van der Waals surface area contributed by atoms with Gasteiger partial charge in [0.25, 0.3) is 10.0 Å². The second-order valence-electron chi connectivity index (χ2n) is 7.81. The molecule has 0 aliphatic carbocycles. The van der Waals surface area contributed by atoms with Gasteiger partial charge in [0.2, 0.25) is 0 Å². The molecule has 1 unspecified atom stereocenters. The monoisotopic (exact) mass is 433 g/mol. The van der Waals surface area contributed by atoms with Crippen LogP contribution in [0.15, 0.2) is 58.5 Å². The van der Waals surface area contributed by atoms with Gasteiger partial charge < -0.3 is 10.4 Å². The minimum absolute atomic E-state index is 0.0923. The Bertz CT molecular complexity index is 1080. The zero-order valence-corrected chi connectivity index (χ0v) is 18.0. The molecule has 3 rings (SSSR count). The second-order valence-corrected chi connectivity index (χ2v) is 10.4. The first-order chi connectivity index (χ1) is 13.6. The number of nitrogens with zero attached hydrogens (tertiary/aromatic N) is 2. The smallest absolute Gasteiger partial charge is 0.404 e. The van der Waals surface area contributed by atoms with Crippen molar-refractivity contribution in [2.24, 2.45) is 5.41 Å². The van der Waals surface area contributed by atoms with Crippen LogP contribution in [-0.4, -0.2) is 34.6 Å². The molecule has 0 saturated carbocycles. The van der Waals surface area contributed by atoms with Crippen LogP contribution < -0.4 is 5.32 Å². The molecule has 9 heteroatoms. The Morgan fingerprint density at radius 3 is 2.66 bits per heavy atom. The molecule has 0 bridgehead atoms. The second kappa shape index (κ2) is 8.00. The van der Waals surface area contributed by atoms with Gasteiger partial charge >= 0.3 is 6.09 Å². The predicted molar refractivity (Wildman–Crippen MR) is 113 cm³/mol. The zero-order valence-electron chi connectivity index (χ0n) is 16.4. The number of thiophene rings is 1. The highest BCUT2D eigenvalue weighted by atomic mass is 32.2. The van der Waals surface area contributed by atoms with Gasteiger partial charge in [0.1, 0.15) is 4.90 Å². The fraction of sp³-hybridized carbons (Fsp3) is 0.300. The van der Waals surface area contributed by atoms with E-state index in [1.165, 1.54) is 33.8 Å². The molecule has 1 atom stereocenters. The van der Waals surface area contributed by atoms with E-state index in [2.05, 4.69) is 10.3 Å². The number of carboxylic acid groups (broad SMARTS) is 1. The van der Waals surface area contributed by atoms with Crippen LogP contribution in [0.4, 0.5) is 4.79 Å². The molecule has 3 aromatic heterocycles. The van der Waals surface area contributed by atoms with Crippen molar-refractivity contribution < 1.29 is 18.3 Å². The molecule has 0 aromatic carbocycles. The fourth-order valence-electron chi connectivity index (χ4n) is 3.00. The number of hydrogen-bond acceptors (Lipinski definition) is 5. The van der Waals surface area contributed by atoms with Crippen molar-refractivity contribution in [1.29, 1.82) is 0 Å². The lowest BCUT2D eigenvalue weighted by molar-refractivity contribution is 0.174. The minimum atomic E-state index is -3.85. The largest absolute Gasteiger partial charge is 0.465 e. The maximum absolute atomic E-state index is 13.2. The average Bonchev–Trinajstić information content (AvgIpc) is 3.30. The van der Waals surface area contributed by atoms with Gasteiger partial charge in [-0.3, -0.25) is 4.98 Å². The Balaban J connectivity index is 2.08. The van der Waals surface area contributed by atoms with E-state index < -0.39 is 16.1 Å². The summed E-state index contributed by atoms with van der Waals surface area (Å²) in [4.78, 5) is 15.2. The fourth-order valence-corrected chi connectivity index (χ4v) is 5.01. The average molecular weight is 434 g/mol. The Morgan fingerprint density at radius 2 is 2.10 bits per heavy atom. The molecule has 0 saturated heterocycles. The van der Waals surface area contributed by atoms with Crippen LogP contribution in [-0.2, 0) is 16.4 Å². The van der Waals surface area contributed by atoms with E-state index >= 15 is 0 Å². The van der Waals surface area contributed by atoms with Gasteiger partial charge in [0, 0.05) is 35.6 Å². The molecule has 0 spiro atoms. The summed E-state index contributed by atoms with van der Waals surface area (Å²) >= 11 is 1.47. The number of aromatic nitrogens is 2. The van der Waals surface area contributed by atoms with Gasteiger partial charge in [0.15, 0.2) is 0 Å². The molecular weight excluding hydrogens is 410 g/mol. The van der Waals surface area contributed by atoms with Gasteiger partial charge in [-0.25, -0.2) is 17.2 Å². The van der Waals surface area contributed by atoms with Crippen molar-refractivity contribution in [3.63, 3.8) is 0 Å². The molecule has 0 aliphatic heterocycles. The summed E-state index contributed by atoms with van der Waals surface area (Å²) in [5.74, 6) is 0. The lowest BCUT2D eigenvalue weighted by Gasteiger charge is -2.30. The Labute approximate surface area is 174 Å². The molecule has 0 fully saturated rings. The first-order valence-electron chi connectivity index (χ1n) is 8.98. The highest BCUT2D eigenvalue weighted by molar-refractivity contribution is 7.90. The van der Waals surface area contributed by atoms with Crippen molar-refractivity contribution in [3.8, 4) is 11.3 Å². The van der Waals surface area contributed by atoms with Gasteiger partial charge in [-0.1, -0.05) is 20.8 Å². The van der Waals surface area contributed by atoms with E-state index in [1.807, 2.05) is 37.6 Å². The number of hydrogen-bond donors (Lipinski definition) is 2.